The molecule has 242 valence electrons. The molecule has 4 rings (SSSR count). The third kappa shape index (κ3) is 10.2. The van der Waals surface area contributed by atoms with Crippen LogP contribution in [0.1, 0.15) is 73.9 Å². The van der Waals surface area contributed by atoms with E-state index in [1.807, 2.05) is 0 Å². The first-order chi connectivity index (χ1) is 21.7. The van der Waals surface area contributed by atoms with Crippen molar-refractivity contribution in [3.8, 4) is 0 Å². The molecule has 0 aliphatic heterocycles. The maximum atomic E-state index is 2.41. The van der Waals surface area contributed by atoms with Gasteiger partial charge in [-0.3, -0.25) is 0 Å². The molecule has 4 aromatic rings. The highest BCUT2D eigenvalue weighted by Gasteiger charge is 2.30. The van der Waals surface area contributed by atoms with Crippen molar-refractivity contribution in [1.82, 2.24) is 0 Å². The first-order valence-electron chi connectivity index (χ1n) is 16.6. The number of aromatic nitrogens is 2. The molecule has 0 unspecified atom stereocenters. The van der Waals surface area contributed by atoms with Crippen LogP contribution in [0.15, 0.2) is 85.5 Å². The number of anilines is 2. The highest BCUT2D eigenvalue weighted by molar-refractivity contribution is 5.72. The Bertz CT molecular complexity index is 1510. The van der Waals surface area contributed by atoms with E-state index < -0.39 is 0 Å². The number of hydrogen-bond donors (Lipinski definition) is 0. The third-order valence-electron chi connectivity index (χ3n) is 8.95. The van der Waals surface area contributed by atoms with Gasteiger partial charge < -0.3 is 9.80 Å². The van der Waals surface area contributed by atoms with Crippen molar-refractivity contribution in [3.05, 3.63) is 119 Å². The minimum atomic E-state index is 0.194. The fraction of sp³-hybridized carbons (Fsp3) is 0.381. The Hall–Kier alpha value is -4.18. The third-order valence-corrected chi connectivity index (χ3v) is 8.95. The zero-order valence-electron chi connectivity index (χ0n) is 30.0. The Morgan fingerprint density at radius 1 is 0.522 bits per heavy atom. The molecule has 46 heavy (non-hydrogen) atoms. The first-order valence-corrected chi connectivity index (χ1v) is 16.6. The zero-order chi connectivity index (χ0) is 33.5. The molecule has 0 amide bonds. The monoisotopic (exact) mass is 616 g/mol. The topological polar surface area (TPSA) is 14.2 Å². The largest absolute Gasteiger partial charge is 0.378 e. The molecule has 0 fully saturated rings. The van der Waals surface area contributed by atoms with Crippen molar-refractivity contribution in [2.45, 2.75) is 67.5 Å². The van der Waals surface area contributed by atoms with E-state index in [0.717, 1.165) is 13.1 Å². The maximum Gasteiger partial charge on any atom is 0.172 e. The van der Waals surface area contributed by atoms with E-state index in [4.69, 9.17) is 0 Å². The normalized spacial score (nSPS) is 12.3. The van der Waals surface area contributed by atoms with E-state index in [1.165, 1.54) is 57.6 Å². The molecule has 2 aromatic heterocycles. The number of nitrogens with zero attached hydrogens (tertiary/aromatic N) is 4. The van der Waals surface area contributed by atoms with Crippen molar-refractivity contribution >= 4 is 35.7 Å². The quantitative estimate of drug-likeness (QED) is 0.139. The Kier molecular flexibility index (Phi) is 11.3. The lowest BCUT2D eigenvalue weighted by atomic mass is 9.78. The molecule has 0 bridgehead atoms. The van der Waals surface area contributed by atoms with Crippen molar-refractivity contribution in [2.24, 2.45) is 10.8 Å². The lowest BCUT2D eigenvalue weighted by Gasteiger charge is -2.27. The molecule has 0 saturated heterocycles. The summed E-state index contributed by atoms with van der Waals surface area (Å²) in [5, 5.41) is 0. The summed E-state index contributed by atoms with van der Waals surface area (Å²) in [6, 6.07) is 21.8. The van der Waals surface area contributed by atoms with Crippen LogP contribution in [0.2, 0.25) is 0 Å². The van der Waals surface area contributed by atoms with E-state index >= 15 is 0 Å². The fourth-order valence-electron chi connectivity index (χ4n) is 5.88. The summed E-state index contributed by atoms with van der Waals surface area (Å²) in [7, 11) is 8.28. The molecule has 2 aromatic carbocycles. The molecule has 0 spiro atoms. The number of rotatable bonds is 13. The Morgan fingerprint density at radius 3 is 1.17 bits per heavy atom. The molecule has 0 N–H and O–H groups in total. The van der Waals surface area contributed by atoms with E-state index in [1.54, 1.807) is 0 Å². The summed E-state index contributed by atoms with van der Waals surface area (Å²) in [6.07, 6.45) is 20.3. The average molecular weight is 617 g/mol. The van der Waals surface area contributed by atoms with E-state index in [-0.39, 0.29) is 10.8 Å². The minimum absolute atomic E-state index is 0.194. The van der Waals surface area contributed by atoms with Gasteiger partial charge in [0.15, 0.2) is 37.9 Å². The number of benzene rings is 2. The molecule has 0 aliphatic rings. The summed E-state index contributed by atoms with van der Waals surface area (Å²) in [5.74, 6) is 0. The lowest BCUT2D eigenvalue weighted by Crippen LogP contribution is -2.43. The summed E-state index contributed by atoms with van der Waals surface area (Å²) in [5.41, 5.74) is 10.4. The summed E-state index contributed by atoms with van der Waals surface area (Å²) in [4.78, 5) is 4.25. The average Bonchev–Trinajstić information content (AvgIpc) is 2.99. The number of hydrogen-bond acceptors (Lipinski definition) is 2. The van der Waals surface area contributed by atoms with Gasteiger partial charge in [0.1, 0.15) is 0 Å². The molecule has 4 nitrogen and oxygen atoms in total. The summed E-state index contributed by atoms with van der Waals surface area (Å²) in [6.45, 7) is 16.1. The second-order valence-electron chi connectivity index (χ2n) is 15.0. The molecule has 0 saturated carbocycles. The molecule has 2 heterocycles. The smallest absolute Gasteiger partial charge is 0.172 e. The number of pyridine rings is 2. The highest BCUT2D eigenvalue weighted by atomic mass is 15.1. The van der Waals surface area contributed by atoms with Gasteiger partial charge in [-0.15, -0.1) is 0 Å². The SMILES string of the molecule is Cc1c[n+](CC(C)(C)CCC(C)(C)C[n+]2ccc(C=Cc3ccc(N(C)C)cc3)c(C)c2)ccc1C=Cc1ccc(N(C)C)cc1. The van der Waals surface area contributed by atoms with Gasteiger partial charge in [0.05, 0.1) is 0 Å². The lowest BCUT2D eigenvalue weighted by molar-refractivity contribution is -0.711. The summed E-state index contributed by atoms with van der Waals surface area (Å²) >= 11 is 0. The van der Waals surface area contributed by atoms with Crippen LogP contribution in [-0.2, 0) is 13.1 Å². The second kappa shape index (κ2) is 14.9. The number of aryl methyl sites for hydroxylation is 2. The zero-order valence-corrected chi connectivity index (χ0v) is 30.0. The van der Waals surface area contributed by atoms with Crippen molar-refractivity contribution in [1.29, 1.82) is 0 Å². The predicted octanol–water partition coefficient (Wildman–Crippen LogP) is 8.88. The van der Waals surface area contributed by atoms with Crippen molar-refractivity contribution < 1.29 is 9.13 Å². The van der Waals surface area contributed by atoms with Gasteiger partial charge in [-0.05, 0) is 73.2 Å². The van der Waals surface area contributed by atoms with Gasteiger partial charge in [-0.25, -0.2) is 9.13 Å². The van der Waals surface area contributed by atoms with Gasteiger partial charge in [0, 0.05) is 73.7 Å². The van der Waals surface area contributed by atoms with E-state index in [9.17, 15) is 0 Å². The van der Waals surface area contributed by atoms with Crippen LogP contribution < -0.4 is 18.9 Å². The first kappa shape index (κ1) is 34.7. The Morgan fingerprint density at radius 2 is 0.870 bits per heavy atom. The van der Waals surface area contributed by atoms with Gasteiger partial charge in [0.2, 0.25) is 0 Å². The standard InChI is InChI=1S/C42H56N4/c1-33-29-45(27-23-37(33)17-11-35-13-19-39(20-14-35)43(7)8)31-41(3,4)25-26-42(5,6)32-46-28-24-38(34(2)30-46)18-12-36-15-21-40(22-16-36)44(9)10/h11-24,27-30H,25-26,31-32H2,1-10H3/q+2. The van der Waals surface area contributed by atoms with Crippen LogP contribution in [0.4, 0.5) is 11.4 Å². The highest BCUT2D eigenvalue weighted by Crippen LogP contribution is 2.31. The van der Waals surface area contributed by atoms with Crippen LogP contribution in [0.25, 0.3) is 24.3 Å². The molecule has 0 radical (unpaired) electrons. The van der Waals surface area contributed by atoms with E-state index in [0.29, 0.717) is 0 Å². The molecule has 0 aliphatic carbocycles. The van der Waals surface area contributed by atoms with Crippen LogP contribution in [0.3, 0.4) is 0 Å². The molecule has 4 heteroatoms. The molecular formula is C42H56N4+2. The van der Waals surface area contributed by atoms with Crippen molar-refractivity contribution in [2.75, 3.05) is 38.0 Å². The van der Waals surface area contributed by atoms with Crippen molar-refractivity contribution in [3.63, 3.8) is 0 Å². The fourth-order valence-corrected chi connectivity index (χ4v) is 5.88. The van der Waals surface area contributed by atoms with Crippen LogP contribution in [0.5, 0.6) is 0 Å². The van der Waals surface area contributed by atoms with Gasteiger partial charge >= 0.3 is 0 Å². The van der Waals surface area contributed by atoms with E-state index in [2.05, 4.69) is 198 Å². The maximum absolute atomic E-state index is 2.41. The summed E-state index contributed by atoms with van der Waals surface area (Å²) < 4.78 is 4.74. The Balaban J connectivity index is 1.31. The predicted molar refractivity (Wildman–Crippen MR) is 199 cm³/mol. The van der Waals surface area contributed by atoms with Crippen LogP contribution >= 0.6 is 0 Å². The van der Waals surface area contributed by atoms with Gasteiger partial charge in [-0.1, -0.05) is 76.3 Å². The minimum Gasteiger partial charge on any atom is -0.378 e. The van der Waals surface area contributed by atoms with Gasteiger partial charge in [0.25, 0.3) is 0 Å². The second-order valence-corrected chi connectivity index (χ2v) is 15.0. The van der Waals surface area contributed by atoms with Crippen LogP contribution in [0, 0.1) is 24.7 Å². The van der Waals surface area contributed by atoms with Gasteiger partial charge in [-0.2, -0.15) is 0 Å². The molecule has 0 atom stereocenters. The van der Waals surface area contributed by atoms with Crippen LogP contribution in [-0.4, -0.2) is 28.2 Å². The molecular weight excluding hydrogens is 560 g/mol. The Labute approximate surface area is 279 Å².